The molecule has 2 heteroatoms. The number of carbonyl (C=O) groups is 1. The predicted molar refractivity (Wildman–Crippen MR) is 40.5 cm³/mol. The third kappa shape index (κ3) is 1.54. The summed E-state index contributed by atoms with van der Waals surface area (Å²) < 4.78 is 0. The van der Waals surface area contributed by atoms with Crippen LogP contribution in [0.1, 0.15) is 12.8 Å². The molecule has 0 spiro atoms. The first-order chi connectivity index (χ1) is 4.86. The number of nitrogens with two attached hydrogens (primary N) is 1. The topological polar surface area (TPSA) is 43.1 Å². The van der Waals surface area contributed by atoms with Crippen LogP contribution in [0.15, 0.2) is 23.3 Å². The van der Waals surface area contributed by atoms with E-state index in [1.54, 1.807) is 0 Å². The average molecular weight is 137 g/mol. The van der Waals surface area contributed by atoms with Gasteiger partial charge in [-0.3, -0.25) is 4.79 Å². The molecule has 0 heterocycles. The van der Waals surface area contributed by atoms with Gasteiger partial charge in [0.2, 0.25) is 0 Å². The summed E-state index contributed by atoms with van der Waals surface area (Å²) in [5.74, 6) is 0. The van der Waals surface area contributed by atoms with Crippen LogP contribution in [0.5, 0.6) is 0 Å². The highest BCUT2D eigenvalue weighted by Crippen LogP contribution is 2.15. The van der Waals surface area contributed by atoms with Gasteiger partial charge in [-0.05, 0) is 18.4 Å². The van der Waals surface area contributed by atoms with Gasteiger partial charge in [-0.1, -0.05) is 17.7 Å². The van der Waals surface area contributed by atoms with Crippen molar-refractivity contribution in [1.29, 1.82) is 0 Å². The van der Waals surface area contributed by atoms with Crippen LogP contribution in [0.2, 0.25) is 0 Å². The van der Waals surface area contributed by atoms with Crippen LogP contribution >= 0.6 is 0 Å². The van der Waals surface area contributed by atoms with Gasteiger partial charge in [0.1, 0.15) is 6.29 Å². The maximum atomic E-state index is 10.2. The third-order valence-electron chi connectivity index (χ3n) is 1.68. The Labute approximate surface area is 60.4 Å². The Bertz CT molecular complexity index is 191. The second-order valence-electron chi connectivity index (χ2n) is 2.39. The van der Waals surface area contributed by atoms with E-state index in [1.165, 1.54) is 5.57 Å². The Kier molecular flexibility index (Phi) is 2.40. The SMILES string of the molecule is NCC1=CC=C(C=O)CC1. The molecule has 0 saturated carbocycles. The van der Waals surface area contributed by atoms with Crippen LogP contribution in [0.4, 0.5) is 0 Å². The van der Waals surface area contributed by atoms with E-state index in [9.17, 15) is 4.79 Å². The van der Waals surface area contributed by atoms with Crippen molar-refractivity contribution in [3.63, 3.8) is 0 Å². The highest BCUT2D eigenvalue weighted by Gasteiger charge is 2.02. The lowest BCUT2D eigenvalue weighted by Gasteiger charge is -2.07. The fraction of sp³-hybridized carbons (Fsp3) is 0.375. The molecule has 54 valence electrons. The second kappa shape index (κ2) is 3.32. The van der Waals surface area contributed by atoms with E-state index in [0.29, 0.717) is 6.54 Å². The smallest absolute Gasteiger partial charge is 0.146 e. The first-order valence-electron chi connectivity index (χ1n) is 3.40. The van der Waals surface area contributed by atoms with Gasteiger partial charge in [0.15, 0.2) is 0 Å². The minimum Gasteiger partial charge on any atom is -0.327 e. The zero-order valence-electron chi connectivity index (χ0n) is 5.84. The maximum absolute atomic E-state index is 10.2. The van der Waals surface area contributed by atoms with Crippen molar-refractivity contribution in [2.75, 3.05) is 6.54 Å². The van der Waals surface area contributed by atoms with Crippen molar-refractivity contribution in [3.8, 4) is 0 Å². The Morgan fingerprint density at radius 2 is 2.30 bits per heavy atom. The number of hydrogen-bond acceptors (Lipinski definition) is 2. The van der Waals surface area contributed by atoms with Crippen molar-refractivity contribution in [3.05, 3.63) is 23.3 Å². The van der Waals surface area contributed by atoms with Gasteiger partial charge in [0.25, 0.3) is 0 Å². The molecule has 0 aromatic rings. The molecule has 1 aliphatic carbocycles. The molecule has 0 aromatic heterocycles. The average Bonchev–Trinajstić information content (AvgIpc) is 2.05. The van der Waals surface area contributed by atoms with Gasteiger partial charge in [0.05, 0.1) is 0 Å². The highest BCUT2D eigenvalue weighted by atomic mass is 16.1. The number of carbonyl (C=O) groups excluding carboxylic acids is 1. The van der Waals surface area contributed by atoms with Crippen molar-refractivity contribution in [2.24, 2.45) is 5.73 Å². The Hall–Kier alpha value is -0.890. The zero-order chi connectivity index (χ0) is 7.40. The third-order valence-corrected chi connectivity index (χ3v) is 1.68. The van der Waals surface area contributed by atoms with Crippen LogP contribution in [0.25, 0.3) is 0 Å². The van der Waals surface area contributed by atoms with Gasteiger partial charge in [-0.2, -0.15) is 0 Å². The summed E-state index contributed by atoms with van der Waals surface area (Å²) in [4.78, 5) is 10.2. The fourth-order valence-corrected chi connectivity index (χ4v) is 0.965. The molecule has 0 atom stereocenters. The van der Waals surface area contributed by atoms with Crippen LogP contribution in [0, 0.1) is 0 Å². The molecule has 0 aliphatic heterocycles. The van der Waals surface area contributed by atoms with Gasteiger partial charge in [-0.25, -0.2) is 0 Å². The number of aldehydes is 1. The fourth-order valence-electron chi connectivity index (χ4n) is 0.965. The number of allylic oxidation sites excluding steroid dienone is 3. The van der Waals surface area contributed by atoms with Crippen LogP contribution in [0.3, 0.4) is 0 Å². The molecular weight excluding hydrogens is 126 g/mol. The molecular formula is C8H11NO. The first kappa shape index (κ1) is 7.22. The molecule has 1 rings (SSSR count). The normalized spacial score (nSPS) is 17.7. The zero-order valence-corrected chi connectivity index (χ0v) is 5.84. The largest absolute Gasteiger partial charge is 0.327 e. The van der Waals surface area contributed by atoms with E-state index in [0.717, 1.165) is 24.7 Å². The molecule has 0 saturated heterocycles. The van der Waals surface area contributed by atoms with E-state index in [2.05, 4.69) is 0 Å². The van der Waals surface area contributed by atoms with Gasteiger partial charge >= 0.3 is 0 Å². The summed E-state index contributed by atoms with van der Waals surface area (Å²) >= 11 is 0. The van der Waals surface area contributed by atoms with Gasteiger partial charge in [-0.15, -0.1) is 0 Å². The van der Waals surface area contributed by atoms with Gasteiger partial charge in [0, 0.05) is 6.54 Å². The summed E-state index contributed by atoms with van der Waals surface area (Å²) in [5, 5.41) is 0. The molecule has 0 radical (unpaired) electrons. The lowest BCUT2D eigenvalue weighted by Crippen LogP contribution is -2.05. The second-order valence-corrected chi connectivity index (χ2v) is 2.39. The van der Waals surface area contributed by atoms with Crippen LogP contribution < -0.4 is 5.73 Å². The number of rotatable bonds is 2. The summed E-state index contributed by atoms with van der Waals surface area (Å²) in [5.41, 5.74) is 7.50. The minimum absolute atomic E-state index is 0.614. The van der Waals surface area contributed by atoms with Crippen molar-refractivity contribution >= 4 is 6.29 Å². The lowest BCUT2D eigenvalue weighted by atomic mass is 10.00. The molecule has 1 aliphatic rings. The Balaban J connectivity index is 2.64. The molecule has 2 nitrogen and oxygen atoms in total. The number of hydrogen-bond donors (Lipinski definition) is 1. The van der Waals surface area contributed by atoms with Crippen molar-refractivity contribution in [2.45, 2.75) is 12.8 Å². The molecule has 0 amide bonds. The van der Waals surface area contributed by atoms with Crippen LogP contribution in [-0.2, 0) is 4.79 Å². The summed E-state index contributed by atoms with van der Waals surface area (Å²) in [7, 11) is 0. The Morgan fingerprint density at radius 3 is 2.70 bits per heavy atom. The van der Waals surface area contributed by atoms with Crippen molar-refractivity contribution < 1.29 is 4.79 Å². The van der Waals surface area contributed by atoms with E-state index >= 15 is 0 Å². The molecule has 2 N–H and O–H groups in total. The summed E-state index contributed by atoms with van der Waals surface area (Å²) in [6, 6.07) is 0. The molecule has 0 bridgehead atoms. The molecule has 0 unspecified atom stereocenters. The van der Waals surface area contributed by atoms with Crippen molar-refractivity contribution in [1.82, 2.24) is 0 Å². The molecule has 0 fully saturated rings. The standard InChI is InChI=1S/C8H11NO/c9-5-7-1-3-8(6-10)4-2-7/h1,3,6H,2,4-5,9H2. The Morgan fingerprint density at radius 1 is 1.50 bits per heavy atom. The van der Waals surface area contributed by atoms with Gasteiger partial charge < -0.3 is 5.73 Å². The predicted octanol–water partition coefficient (Wildman–Crippen LogP) is 0.791. The molecule has 10 heavy (non-hydrogen) atoms. The highest BCUT2D eigenvalue weighted by molar-refractivity contribution is 5.74. The van der Waals surface area contributed by atoms with E-state index in [-0.39, 0.29) is 0 Å². The van der Waals surface area contributed by atoms with E-state index in [1.807, 2.05) is 12.2 Å². The van der Waals surface area contributed by atoms with Crippen LogP contribution in [-0.4, -0.2) is 12.8 Å². The summed E-state index contributed by atoms with van der Waals surface area (Å²) in [6.07, 6.45) is 6.49. The minimum atomic E-state index is 0.614. The van der Waals surface area contributed by atoms with E-state index in [4.69, 9.17) is 5.73 Å². The monoisotopic (exact) mass is 137 g/mol. The maximum Gasteiger partial charge on any atom is 0.146 e. The molecule has 0 aromatic carbocycles. The quantitative estimate of drug-likeness (QED) is 0.572. The van der Waals surface area contributed by atoms with E-state index < -0.39 is 0 Å². The first-order valence-corrected chi connectivity index (χ1v) is 3.40. The summed E-state index contributed by atoms with van der Waals surface area (Å²) in [6.45, 7) is 0.614. The lowest BCUT2D eigenvalue weighted by molar-refractivity contribution is -0.105.